The van der Waals surface area contributed by atoms with Crippen molar-refractivity contribution in [2.24, 2.45) is 0 Å². The van der Waals surface area contributed by atoms with Gasteiger partial charge in [-0.05, 0) is 31.4 Å². The molecule has 3 rings (SSSR count). The fourth-order valence-electron chi connectivity index (χ4n) is 3.22. The van der Waals surface area contributed by atoms with E-state index in [0.29, 0.717) is 13.1 Å². The Bertz CT molecular complexity index is 1090. The van der Waals surface area contributed by atoms with E-state index in [0.717, 1.165) is 42.3 Å². The second kappa shape index (κ2) is 9.34. The molecular formula is C20H21ClF2N4O4. The zero-order chi connectivity index (χ0) is 22.7. The summed E-state index contributed by atoms with van der Waals surface area (Å²) in [6.45, 7) is 0.311. The second-order valence-corrected chi connectivity index (χ2v) is 7.55. The number of nitrogens with zero attached hydrogens (tertiary/aromatic N) is 2. The molecule has 8 nitrogen and oxygen atoms in total. The number of hydrogen-bond donors (Lipinski definition) is 3. The first-order valence-electron chi connectivity index (χ1n) is 9.61. The van der Waals surface area contributed by atoms with Crippen LogP contribution in [-0.2, 0) is 6.54 Å². The maximum atomic E-state index is 14.0. The summed E-state index contributed by atoms with van der Waals surface area (Å²) in [6.07, 6.45) is 3.48. The van der Waals surface area contributed by atoms with Crippen LogP contribution in [0.1, 0.15) is 45.7 Å². The maximum Gasteiger partial charge on any atom is 0.276 e. The Labute approximate surface area is 181 Å². The van der Waals surface area contributed by atoms with E-state index in [1.54, 1.807) is 7.05 Å². The standard InChI is InChI=1S/C20H21ClF2N4O4/c1-26-8-4-2-3-7-25-27-10-12(17(28)18(29)16(27)20(26)31)19(30)24-9-11-14(22)6-5-13(21)15(11)23/h5-6,10,25,29H,2-4,7-9H2,1H3,(H,24,30). The lowest BCUT2D eigenvalue weighted by Crippen LogP contribution is -2.37. The molecule has 1 aromatic carbocycles. The smallest absolute Gasteiger partial charge is 0.276 e. The highest BCUT2D eigenvalue weighted by Crippen LogP contribution is 2.21. The van der Waals surface area contributed by atoms with Crippen LogP contribution >= 0.6 is 11.6 Å². The predicted molar refractivity (Wildman–Crippen MR) is 110 cm³/mol. The van der Waals surface area contributed by atoms with Gasteiger partial charge in [0, 0.05) is 38.4 Å². The second-order valence-electron chi connectivity index (χ2n) is 7.14. The Hall–Kier alpha value is -3.14. The van der Waals surface area contributed by atoms with Crippen LogP contribution in [0, 0.1) is 11.6 Å². The number of halogens is 3. The first-order chi connectivity index (χ1) is 14.7. The van der Waals surface area contributed by atoms with Crippen molar-refractivity contribution in [1.82, 2.24) is 14.9 Å². The first-order valence-corrected chi connectivity index (χ1v) is 9.98. The normalized spacial score (nSPS) is 14.6. The van der Waals surface area contributed by atoms with Crippen LogP contribution in [0.3, 0.4) is 0 Å². The largest absolute Gasteiger partial charge is 0.502 e. The van der Waals surface area contributed by atoms with Crippen molar-refractivity contribution in [3.8, 4) is 5.75 Å². The van der Waals surface area contributed by atoms with Crippen molar-refractivity contribution in [1.29, 1.82) is 0 Å². The molecule has 166 valence electrons. The van der Waals surface area contributed by atoms with Crippen molar-refractivity contribution in [3.63, 3.8) is 0 Å². The summed E-state index contributed by atoms with van der Waals surface area (Å²) in [7, 11) is 1.55. The lowest BCUT2D eigenvalue weighted by atomic mass is 10.1. The molecule has 0 aliphatic carbocycles. The summed E-state index contributed by atoms with van der Waals surface area (Å²) in [5.41, 5.74) is 0.564. The van der Waals surface area contributed by atoms with E-state index in [1.807, 2.05) is 0 Å². The molecule has 0 radical (unpaired) electrons. The molecule has 0 saturated carbocycles. The highest BCUT2D eigenvalue weighted by molar-refractivity contribution is 6.30. The lowest BCUT2D eigenvalue weighted by molar-refractivity contribution is 0.0775. The van der Waals surface area contributed by atoms with Crippen LogP contribution in [0.2, 0.25) is 5.02 Å². The minimum absolute atomic E-state index is 0.294. The summed E-state index contributed by atoms with van der Waals surface area (Å²) in [4.78, 5) is 39.2. The number of nitrogens with one attached hydrogen (secondary N) is 2. The number of rotatable bonds is 3. The minimum Gasteiger partial charge on any atom is -0.502 e. The molecule has 0 bridgehead atoms. The number of benzene rings is 1. The SMILES string of the molecule is CN1CCCCCNn2cc(C(=O)NCc3c(F)ccc(Cl)c3F)c(=O)c(O)c2C1=O. The molecule has 0 unspecified atom stereocenters. The molecule has 0 atom stereocenters. The summed E-state index contributed by atoms with van der Waals surface area (Å²) in [5.74, 6) is -4.39. The fraction of sp³-hybridized carbons (Fsp3) is 0.350. The van der Waals surface area contributed by atoms with Gasteiger partial charge in [-0.15, -0.1) is 0 Å². The van der Waals surface area contributed by atoms with Crippen molar-refractivity contribution in [3.05, 3.63) is 62.0 Å². The fourth-order valence-corrected chi connectivity index (χ4v) is 3.40. The van der Waals surface area contributed by atoms with Crippen LogP contribution in [0.15, 0.2) is 23.1 Å². The van der Waals surface area contributed by atoms with Crippen LogP contribution in [0.4, 0.5) is 8.78 Å². The van der Waals surface area contributed by atoms with Gasteiger partial charge in [-0.25, -0.2) is 8.78 Å². The molecular weight excluding hydrogens is 434 g/mol. The van der Waals surface area contributed by atoms with E-state index in [9.17, 15) is 28.3 Å². The van der Waals surface area contributed by atoms with E-state index in [2.05, 4.69) is 10.7 Å². The van der Waals surface area contributed by atoms with Crippen molar-refractivity contribution < 1.29 is 23.5 Å². The third-order valence-corrected chi connectivity index (χ3v) is 5.29. The minimum atomic E-state index is -1.07. The van der Waals surface area contributed by atoms with E-state index in [1.165, 1.54) is 4.90 Å². The van der Waals surface area contributed by atoms with E-state index in [-0.39, 0.29) is 10.7 Å². The first kappa shape index (κ1) is 22.5. The number of carbonyl (C=O) groups is 2. The zero-order valence-electron chi connectivity index (χ0n) is 16.7. The van der Waals surface area contributed by atoms with Crippen LogP contribution in [-0.4, -0.2) is 46.6 Å². The van der Waals surface area contributed by atoms with Crippen molar-refractivity contribution in [2.75, 3.05) is 25.6 Å². The number of amides is 2. The molecule has 2 amide bonds. The van der Waals surface area contributed by atoms with Gasteiger partial charge in [-0.2, -0.15) is 0 Å². The Morgan fingerprint density at radius 3 is 2.74 bits per heavy atom. The lowest BCUT2D eigenvalue weighted by Gasteiger charge is -2.24. The number of carbonyl (C=O) groups excluding carboxylic acids is 2. The molecule has 0 fully saturated rings. The number of aromatic hydroxyl groups is 1. The molecule has 2 heterocycles. The summed E-state index contributed by atoms with van der Waals surface area (Å²) in [6, 6.07) is 2.00. The molecule has 1 aliphatic rings. The Morgan fingerprint density at radius 2 is 2.00 bits per heavy atom. The van der Waals surface area contributed by atoms with Crippen molar-refractivity contribution >= 4 is 23.4 Å². The topological polar surface area (TPSA) is 104 Å². The molecule has 31 heavy (non-hydrogen) atoms. The van der Waals surface area contributed by atoms with Gasteiger partial charge in [0.1, 0.15) is 17.2 Å². The molecule has 0 saturated heterocycles. The van der Waals surface area contributed by atoms with Crippen molar-refractivity contribution in [2.45, 2.75) is 25.8 Å². The summed E-state index contributed by atoms with van der Waals surface area (Å²) >= 11 is 5.64. The average molecular weight is 455 g/mol. The van der Waals surface area contributed by atoms with E-state index in [4.69, 9.17) is 11.6 Å². The molecule has 1 aromatic heterocycles. The third-order valence-electron chi connectivity index (χ3n) is 4.99. The van der Waals surface area contributed by atoms with Gasteiger partial charge in [0.25, 0.3) is 11.8 Å². The highest BCUT2D eigenvalue weighted by Gasteiger charge is 2.27. The quantitative estimate of drug-likeness (QED) is 0.617. The van der Waals surface area contributed by atoms with Gasteiger partial charge in [0.15, 0.2) is 11.4 Å². The predicted octanol–water partition coefficient (Wildman–Crippen LogP) is 2.21. The van der Waals surface area contributed by atoms with E-state index >= 15 is 0 Å². The Balaban J connectivity index is 1.94. The Morgan fingerprint density at radius 1 is 1.26 bits per heavy atom. The molecule has 3 N–H and O–H groups in total. The highest BCUT2D eigenvalue weighted by atomic mass is 35.5. The number of fused-ring (bicyclic) bond motifs is 1. The van der Waals surface area contributed by atoms with Gasteiger partial charge >= 0.3 is 0 Å². The third kappa shape index (κ3) is 4.63. The zero-order valence-corrected chi connectivity index (χ0v) is 17.4. The molecule has 1 aliphatic heterocycles. The number of hydrogen-bond acceptors (Lipinski definition) is 5. The Kier molecular flexibility index (Phi) is 6.79. The van der Waals surface area contributed by atoms with E-state index < -0.39 is 52.3 Å². The average Bonchev–Trinajstić information content (AvgIpc) is 2.74. The van der Waals surface area contributed by atoms with Gasteiger partial charge in [0.05, 0.1) is 5.02 Å². The number of aromatic nitrogens is 1. The maximum absolute atomic E-state index is 14.0. The van der Waals surface area contributed by atoms with Gasteiger partial charge in [0.2, 0.25) is 5.43 Å². The summed E-state index contributed by atoms with van der Waals surface area (Å²) in [5, 5.41) is 12.3. The summed E-state index contributed by atoms with van der Waals surface area (Å²) < 4.78 is 29.1. The van der Waals surface area contributed by atoms with Gasteiger partial charge < -0.3 is 20.7 Å². The number of pyridine rings is 1. The molecule has 2 aromatic rings. The van der Waals surface area contributed by atoms with Gasteiger partial charge in [-0.3, -0.25) is 19.1 Å². The molecule has 0 spiro atoms. The molecule has 11 heteroatoms. The monoisotopic (exact) mass is 454 g/mol. The van der Waals surface area contributed by atoms with Crippen LogP contribution < -0.4 is 16.2 Å². The van der Waals surface area contributed by atoms with Crippen LogP contribution in [0.5, 0.6) is 5.75 Å². The van der Waals surface area contributed by atoms with Gasteiger partial charge in [-0.1, -0.05) is 11.6 Å². The van der Waals surface area contributed by atoms with Crippen LogP contribution in [0.25, 0.3) is 0 Å².